The number of nitrogens with two attached hydrogens (primary N) is 1. The predicted octanol–water partition coefficient (Wildman–Crippen LogP) is 2.99. The highest BCUT2D eigenvalue weighted by molar-refractivity contribution is 6.31. The molecule has 0 radical (unpaired) electrons. The van der Waals surface area contributed by atoms with Gasteiger partial charge in [0.05, 0.1) is 12.8 Å². The Balaban J connectivity index is 2.47. The molecular formula is C13H20ClN3O2. The third kappa shape index (κ3) is 4.87. The normalized spacial score (nSPS) is 11.4. The molecule has 0 saturated heterocycles. The van der Waals surface area contributed by atoms with E-state index in [-0.39, 0.29) is 5.84 Å². The molecule has 0 heterocycles. The second-order valence-electron chi connectivity index (χ2n) is 4.28. The van der Waals surface area contributed by atoms with Gasteiger partial charge in [-0.2, -0.15) is 0 Å². The molecule has 0 aliphatic heterocycles. The number of nitrogens with zero attached hydrogens (tertiary/aromatic N) is 1. The van der Waals surface area contributed by atoms with Crippen molar-refractivity contribution < 1.29 is 9.94 Å². The van der Waals surface area contributed by atoms with Gasteiger partial charge >= 0.3 is 0 Å². The number of hydrogen-bond acceptors (Lipinski definition) is 4. The van der Waals surface area contributed by atoms with Crippen LogP contribution in [0.1, 0.15) is 24.8 Å². The first kappa shape index (κ1) is 15.4. The molecule has 0 aliphatic carbocycles. The van der Waals surface area contributed by atoms with Gasteiger partial charge in [0.15, 0.2) is 0 Å². The number of aryl methyl sites for hydroxylation is 1. The van der Waals surface area contributed by atoms with Gasteiger partial charge in [-0.15, -0.1) is 0 Å². The van der Waals surface area contributed by atoms with Crippen LogP contribution in [0.25, 0.3) is 0 Å². The maximum absolute atomic E-state index is 8.41. The first-order valence-electron chi connectivity index (χ1n) is 6.13. The van der Waals surface area contributed by atoms with E-state index in [4.69, 9.17) is 27.3 Å². The van der Waals surface area contributed by atoms with Gasteiger partial charge in [0, 0.05) is 24.1 Å². The fourth-order valence-corrected chi connectivity index (χ4v) is 1.83. The van der Waals surface area contributed by atoms with Gasteiger partial charge in [-0.1, -0.05) is 16.8 Å². The van der Waals surface area contributed by atoms with E-state index in [2.05, 4.69) is 10.5 Å². The number of unbranched alkanes of at least 4 members (excludes halogenated alkanes) is 1. The van der Waals surface area contributed by atoms with Crippen molar-refractivity contribution in [3.63, 3.8) is 0 Å². The average molecular weight is 286 g/mol. The van der Waals surface area contributed by atoms with E-state index >= 15 is 0 Å². The van der Waals surface area contributed by atoms with Crippen LogP contribution in [0.5, 0.6) is 5.75 Å². The number of benzene rings is 1. The number of oxime groups is 1. The van der Waals surface area contributed by atoms with Crippen LogP contribution in [0.2, 0.25) is 5.02 Å². The lowest BCUT2D eigenvalue weighted by atomic mass is 10.2. The largest absolute Gasteiger partial charge is 0.495 e. The Kier molecular flexibility index (Phi) is 6.29. The Bertz CT molecular complexity index is 450. The van der Waals surface area contributed by atoms with Crippen LogP contribution in [0.3, 0.4) is 0 Å². The van der Waals surface area contributed by atoms with E-state index in [1.54, 1.807) is 13.2 Å². The molecule has 0 aromatic heterocycles. The molecule has 0 aliphatic rings. The van der Waals surface area contributed by atoms with Crippen molar-refractivity contribution in [1.29, 1.82) is 0 Å². The van der Waals surface area contributed by atoms with Crippen molar-refractivity contribution in [2.75, 3.05) is 19.0 Å². The van der Waals surface area contributed by atoms with Crippen molar-refractivity contribution >= 4 is 23.1 Å². The zero-order valence-corrected chi connectivity index (χ0v) is 12.0. The molecule has 0 fully saturated rings. The monoisotopic (exact) mass is 285 g/mol. The topological polar surface area (TPSA) is 79.9 Å². The average Bonchev–Trinajstić information content (AvgIpc) is 2.41. The molecule has 0 spiro atoms. The molecule has 106 valence electrons. The molecular weight excluding hydrogens is 266 g/mol. The number of halogens is 1. The van der Waals surface area contributed by atoms with Crippen molar-refractivity contribution in [3.05, 3.63) is 22.7 Å². The summed E-state index contributed by atoms with van der Waals surface area (Å²) in [6.45, 7) is 2.74. The summed E-state index contributed by atoms with van der Waals surface area (Å²) in [6.07, 6.45) is 2.37. The van der Waals surface area contributed by atoms with E-state index in [1.165, 1.54) is 0 Å². The summed E-state index contributed by atoms with van der Waals surface area (Å²) in [5.74, 6) is 0.993. The molecule has 1 aromatic rings. The molecule has 0 atom stereocenters. The van der Waals surface area contributed by atoms with Crippen molar-refractivity contribution in [3.8, 4) is 5.75 Å². The minimum Gasteiger partial charge on any atom is -0.495 e. The van der Waals surface area contributed by atoms with Gasteiger partial charge in [-0.05, 0) is 31.4 Å². The van der Waals surface area contributed by atoms with E-state index in [0.717, 1.165) is 36.4 Å². The molecule has 0 amide bonds. The molecule has 19 heavy (non-hydrogen) atoms. The summed E-state index contributed by atoms with van der Waals surface area (Å²) in [6, 6.07) is 3.76. The third-order valence-corrected chi connectivity index (χ3v) is 3.19. The fraction of sp³-hybridized carbons (Fsp3) is 0.462. The number of amidine groups is 1. The Labute approximate surface area is 118 Å². The molecule has 0 bridgehead atoms. The van der Waals surface area contributed by atoms with Gasteiger partial charge in [-0.25, -0.2) is 0 Å². The Morgan fingerprint density at radius 3 is 2.84 bits per heavy atom. The molecule has 0 saturated carbocycles. The number of anilines is 1. The summed E-state index contributed by atoms with van der Waals surface area (Å²) < 4.78 is 5.27. The smallest absolute Gasteiger partial charge is 0.143 e. The van der Waals surface area contributed by atoms with Crippen molar-refractivity contribution in [2.45, 2.75) is 26.2 Å². The van der Waals surface area contributed by atoms with Crippen molar-refractivity contribution in [2.24, 2.45) is 10.9 Å². The lowest BCUT2D eigenvalue weighted by Gasteiger charge is -2.13. The molecule has 5 nitrogen and oxygen atoms in total. The molecule has 6 heteroatoms. The molecule has 1 aromatic carbocycles. The summed E-state index contributed by atoms with van der Waals surface area (Å²) >= 11 is 6.04. The quantitative estimate of drug-likeness (QED) is 0.237. The van der Waals surface area contributed by atoms with E-state index in [1.807, 2.05) is 13.0 Å². The van der Waals surface area contributed by atoms with E-state index in [0.29, 0.717) is 11.4 Å². The predicted molar refractivity (Wildman–Crippen MR) is 78.5 cm³/mol. The van der Waals surface area contributed by atoms with Gasteiger partial charge < -0.3 is 21.0 Å². The number of rotatable bonds is 7. The van der Waals surface area contributed by atoms with E-state index < -0.39 is 0 Å². The minimum atomic E-state index is 0.264. The first-order chi connectivity index (χ1) is 9.08. The van der Waals surface area contributed by atoms with Crippen LogP contribution in [-0.2, 0) is 0 Å². The number of ether oxygens (including phenoxy) is 1. The minimum absolute atomic E-state index is 0.264. The Hall–Kier alpha value is -1.62. The maximum atomic E-state index is 8.41. The standard InChI is InChI=1S/C13H20ClN3O2/c1-9-7-11(12(19-2)8-10(9)14)16-6-4-3-5-13(15)17-18/h7-8,16,18H,3-6H2,1-2H3,(H2,15,17). The zero-order chi connectivity index (χ0) is 14.3. The number of hydrogen-bond donors (Lipinski definition) is 3. The van der Waals surface area contributed by atoms with Crippen LogP contribution in [0, 0.1) is 6.92 Å². The zero-order valence-electron chi connectivity index (χ0n) is 11.2. The van der Waals surface area contributed by atoms with Gasteiger partial charge in [0.25, 0.3) is 0 Å². The van der Waals surface area contributed by atoms with Gasteiger partial charge in [0.1, 0.15) is 11.6 Å². The highest BCUT2D eigenvalue weighted by Crippen LogP contribution is 2.30. The fourth-order valence-electron chi connectivity index (χ4n) is 1.67. The molecule has 0 unspecified atom stereocenters. The van der Waals surface area contributed by atoms with Gasteiger partial charge in [0.2, 0.25) is 0 Å². The molecule has 1 rings (SSSR count). The summed E-state index contributed by atoms with van der Waals surface area (Å²) in [5.41, 5.74) is 7.32. The lowest BCUT2D eigenvalue weighted by molar-refractivity contribution is 0.316. The second-order valence-corrected chi connectivity index (χ2v) is 4.68. The third-order valence-electron chi connectivity index (χ3n) is 2.78. The Morgan fingerprint density at radius 2 is 2.21 bits per heavy atom. The van der Waals surface area contributed by atoms with Crippen LogP contribution in [0.4, 0.5) is 5.69 Å². The van der Waals surface area contributed by atoms with Crippen molar-refractivity contribution in [1.82, 2.24) is 0 Å². The summed E-state index contributed by atoms with van der Waals surface area (Å²) in [7, 11) is 1.62. The van der Waals surface area contributed by atoms with Gasteiger partial charge in [-0.3, -0.25) is 0 Å². The van der Waals surface area contributed by atoms with Crippen LogP contribution < -0.4 is 15.8 Å². The van der Waals surface area contributed by atoms with Crippen LogP contribution >= 0.6 is 11.6 Å². The second kappa shape index (κ2) is 7.74. The maximum Gasteiger partial charge on any atom is 0.143 e. The number of nitrogens with one attached hydrogen (secondary N) is 1. The van der Waals surface area contributed by atoms with Crippen LogP contribution in [0.15, 0.2) is 17.3 Å². The summed E-state index contributed by atoms with van der Waals surface area (Å²) in [4.78, 5) is 0. The van der Waals surface area contributed by atoms with Crippen LogP contribution in [-0.4, -0.2) is 24.7 Å². The summed E-state index contributed by atoms with van der Waals surface area (Å²) in [5, 5.41) is 15.3. The SMILES string of the molecule is COc1cc(Cl)c(C)cc1NCCCCC(N)=NO. The Morgan fingerprint density at radius 1 is 1.47 bits per heavy atom. The highest BCUT2D eigenvalue weighted by atomic mass is 35.5. The highest BCUT2D eigenvalue weighted by Gasteiger charge is 2.06. The molecule has 4 N–H and O–H groups in total. The lowest BCUT2D eigenvalue weighted by Crippen LogP contribution is -2.12. The van der Waals surface area contributed by atoms with E-state index in [9.17, 15) is 0 Å². The first-order valence-corrected chi connectivity index (χ1v) is 6.50. The number of methoxy groups -OCH3 is 1.